The summed E-state index contributed by atoms with van der Waals surface area (Å²) in [4.78, 5) is 24.2. The average molecular weight is 349 g/mol. The van der Waals surface area contributed by atoms with Gasteiger partial charge in [0.05, 0.1) is 7.11 Å². The number of nitrogens with one attached hydrogen (secondary N) is 1. The Labute approximate surface area is 144 Å². The third-order valence-electron chi connectivity index (χ3n) is 3.23. The van der Waals surface area contributed by atoms with Crippen molar-refractivity contribution in [3.8, 4) is 11.5 Å². The zero-order valence-electron chi connectivity index (χ0n) is 13.5. The number of hydrogen-bond donors (Lipinski definition) is 2. The highest BCUT2D eigenvalue weighted by atomic mass is 32.1. The molecule has 0 aliphatic heterocycles. The van der Waals surface area contributed by atoms with Gasteiger partial charge in [0, 0.05) is 11.4 Å². The van der Waals surface area contributed by atoms with Gasteiger partial charge < -0.3 is 19.9 Å². The molecule has 2 aromatic rings. The van der Waals surface area contributed by atoms with Gasteiger partial charge in [-0.15, -0.1) is 11.3 Å². The fourth-order valence-electron chi connectivity index (χ4n) is 2.10. The van der Waals surface area contributed by atoms with Crippen LogP contribution in [0.25, 0.3) is 0 Å². The first kappa shape index (κ1) is 17.8. The van der Waals surface area contributed by atoms with Crippen LogP contribution in [0.5, 0.6) is 11.5 Å². The highest BCUT2D eigenvalue weighted by Crippen LogP contribution is 2.28. The van der Waals surface area contributed by atoms with Crippen molar-refractivity contribution in [2.45, 2.75) is 13.3 Å². The minimum absolute atomic E-state index is 0.147. The maximum absolute atomic E-state index is 12.2. The van der Waals surface area contributed by atoms with Gasteiger partial charge in [-0.05, 0) is 37.1 Å². The predicted octanol–water partition coefficient (Wildman–Crippen LogP) is 2.50. The van der Waals surface area contributed by atoms with E-state index in [0.717, 1.165) is 10.4 Å². The molecule has 0 spiro atoms. The molecule has 0 atom stereocenters. The number of carbonyl (C=O) groups is 2. The molecule has 0 aliphatic carbocycles. The second-order valence-electron chi connectivity index (χ2n) is 5.09. The maximum Gasteiger partial charge on any atom is 0.341 e. The number of benzene rings is 1. The Hall–Kier alpha value is -2.54. The van der Waals surface area contributed by atoms with E-state index in [2.05, 4.69) is 5.32 Å². The Morgan fingerprint density at radius 2 is 1.96 bits per heavy atom. The Bertz CT molecular complexity index is 708. The van der Waals surface area contributed by atoms with Gasteiger partial charge in [-0.1, -0.05) is 12.1 Å². The summed E-state index contributed by atoms with van der Waals surface area (Å²) in [6.07, 6.45) is 0.664. The van der Waals surface area contributed by atoms with Crippen molar-refractivity contribution in [3.63, 3.8) is 0 Å². The van der Waals surface area contributed by atoms with Crippen molar-refractivity contribution < 1.29 is 24.2 Å². The van der Waals surface area contributed by atoms with E-state index in [4.69, 9.17) is 14.6 Å². The van der Waals surface area contributed by atoms with Gasteiger partial charge in [0.2, 0.25) is 0 Å². The molecule has 24 heavy (non-hydrogen) atoms. The molecule has 0 aliphatic rings. The molecular formula is C17H19NO5S. The van der Waals surface area contributed by atoms with Crippen LogP contribution >= 0.6 is 11.3 Å². The fourth-order valence-corrected chi connectivity index (χ4v) is 2.99. The van der Waals surface area contributed by atoms with Crippen LogP contribution in [0.3, 0.4) is 0 Å². The third kappa shape index (κ3) is 4.99. The summed E-state index contributed by atoms with van der Waals surface area (Å²) in [5, 5.41) is 11.4. The summed E-state index contributed by atoms with van der Waals surface area (Å²) in [7, 11) is 1.55. The molecule has 0 fully saturated rings. The number of carbonyl (C=O) groups excluding carboxylic acids is 1. The van der Waals surface area contributed by atoms with E-state index in [9.17, 15) is 9.59 Å². The minimum Gasteiger partial charge on any atom is -0.495 e. The Kier molecular flexibility index (Phi) is 6.20. The second kappa shape index (κ2) is 8.35. The molecule has 0 unspecified atom stereocenters. The van der Waals surface area contributed by atoms with E-state index >= 15 is 0 Å². The van der Waals surface area contributed by atoms with E-state index in [1.165, 1.54) is 11.3 Å². The summed E-state index contributed by atoms with van der Waals surface area (Å²) in [6.45, 7) is 2.06. The number of amides is 1. The zero-order chi connectivity index (χ0) is 17.5. The van der Waals surface area contributed by atoms with E-state index in [-0.39, 0.29) is 12.5 Å². The lowest BCUT2D eigenvalue weighted by atomic mass is 10.1. The molecule has 1 heterocycles. The number of carboxylic acid groups (broad SMARTS) is 1. The number of rotatable bonds is 8. The van der Waals surface area contributed by atoms with Crippen molar-refractivity contribution in [2.75, 3.05) is 20.3 Å². The second-order valence-corrected chi connectivity index (χ2v) is 6.34. The van der Waals surface area contributed by atoms with Crippen molar-refractivity contribution in [2.24, 2.45) is 0 Å². The maximum atomic E-state index is 12.2. The van der Waals surface area contributed by atoms with Crippen LogP contribution in [0.4, 0.5) is 0 Å². The lowest BCUT2D eigenvalue weighted by Gasteiger charge is -2.07. The third-order valence-corrected chi connectivity index (χ3v) is 4.26. The first-order chi connectivity index (χ1) is 11.5. The normalized spacial score (nSPS) is 10.2. The number of methoxy groups -OCH3 is 1. The van der Waals surface area contributed by atoms with Crippen LogP contribution in [0, 0.1) is 6.92 Å². The van der Waals surface area contributed by atoms with Crippen molar-refractivity contribution in [1.82, 2.24) is 5.32 Å². The molecule has 1 amide bonds. The summed E-state index contributed by atoms with van der Waals surface area (Å²) >= 11 is 1.40. The molecule has 1 aromatic heterocycles. The number of hydrogen-bond acceptors (Lipinski definition) is 5. The highest BCUT2D eigenvalue weighted by molar-refractivity contribution is 7.14. The molecule has 2 rings (SSSR count). The van der Waals surface area contributed by atoms with Gasteiger partial charge in [-0.3, -0.25) is 4.79 Å². The topological polar surface area (TPSA) is 84.9 Å². The first-order valence-electron chi connectivity index (χ1n) is 7.35. The fraction of sp³-hybridized carbons (Fsp3) is 0.294. The van der Waals surface area contributed by atoms with Crippen LogP contribution in [0.15, 0.2) is 30.3 Å². The van der Waals surface area contributed by atoms with Crippen LogP contribution in [0.2, 0.25) is 0 Å². The van der Waals surface area contributed by atoms with Crippen molar-refractivity contribution in [3.05, 3.63) is 45.6 Å². The van der Waals surface area contributed by atoms with Gasteiger partial charge in [-0.2, -0.15) is 0 Å². The Balaban J connectivity index is 1.83. The Morgan fingerprint density at radius 3 is 2.58 bits per heavy atom. The van der Waals surface area contributed by atoms with E-state index < -0.39 is 5.97 Å². The van der Waals surface area contributed by atoms with Gasteiger partial charge in [-0.25, -0.2) is 4.79 Å². The van der Waals surface area contributed by atoms with Crippen LogP contribution in [-0.4, -0.2) is 37.2 Å². The lowest BCUT2D eigenvalue weighted by molar-refractivity contribution is -0.139. The molecule has 2 N–H and O–H groups in total. The van der Waals surface area contributed by atoms with Gasteiger partial charge in [0.25, 0.3) is 5.91 Å². The number of carboxylic acids is 1. The minimum atomic E-state index is -1.01. The lowest BCUT2D eigenvalue weighted by Crippen LogP contribution is -2.25. The van der Waals surface area contributed by atoms with Crippen LogP contribution < -0.4 is 14.8 Å². The van der Waals surface area contributed by atoms with Crippen LogP contribution in [0.1, 0.15) is 20.1 Å². The largest absolute Gasteiger partial charge is 0.495 e. The number of aryl methyl sites for hydroxylation is 1. The summed E-state index contributed by atoms with van der Waals surface area (Å²) < 4.78 is 10.3. The number of aliphatic carboxylic acids is 1. The predicted molar refractivity (Wildman–Crippen MR) is 91.2 cm³/mol. The summed E-state index contributed by atoms with van der Waals surface area (Å²) in [5.74, 6) is -0.0636. The molecule has 7 heteroatoms. The molecule has 128 valence electrons. The highest BCUT2D eigenvalue weighted by Gasteiger charge is 2.15. The number of ether oxygens (including phenoxy) is 2. The molecule has 0 saturated carbocycles. The summed E-state index contributed by atoms with van der Waals surface area (Å²) in [6, 6.07) is 8.96. The number of thiophene rings is 1. The standard InChI is InChI=1S/C17H19NO5S/c1-11-9-14(22-2)16(24-11)17(21)18-8-7-12-3-5-13(6-4-12)23-10-15(19)20/h3-6,9H,7-8,10H2,1-2H3,(H,18,21)(H,19,20). The monoisotopic (exact) mass is 349 g/mol. The molecule has 1 aromatic carbocycles. The van der Waals surface area contributed by atoms with Gasteiger partial charge >= 0.3 is 5.97 Å². The van der Waals surface area contributed by atoms with E-state index in [0.29, 0.717) is 29.3 Å². The van der Waals surface area contributed by atoms with Crippen LogP contribution in [-0.2, 0) is 11.2 Å². The quantitative estimate of drug-likeness (QED) is 0.765. The first-order valence-corrected chi connectivity index (χ1v) is 8.17. The van der Waals surface area contributed by atoms with Crippen molar-refractivity contribution in [1.29, 1.82) is 0 Å². The smallest absolute Gasteiger partial charge is 0.341 e. The van der Waals surface area contributed by atoms with Gasteiger partial charge in [0.1, 0.15) is 16.4 Å². The SMILES string of the molecule is COc1cc(C)sc1C(=O)NCCc1ccc(OCC(=O)O)cc1. The summed E-state index contributed by atoms with van der Waals surface area (Å²) in [5.41, 5.74) is 1.02. The van der Waals surface area contributed by atoms with E-state index in [1.54, 1.807) is 19.2 Å². The molecule has 0 saturated heterocycles. The zero-order valence-corrected chi connectivity index (χ0v) is 14.3. The molecule has 0 bridgehead atoms. The molecular weight excluding hydrogens is 330 g/mol. The van der Waals surface area contributed by atoms with E-state index in [1.807, 2.05) is 25.1 Å². The van der Waals surface area contributed by atoms with Crippen molar-refractivity contribution >= 4 is 23.2 Å². The Morgan fingerprint density at radius 1 is 1.25 bits per heavy atom. The molecule has 0 radical (unpaired) electrons. The molecule has 6 nitrogen and oxygen atoms in total. The van der Waals surface area contributed by atoms with Gasteiger partial charge in [0.15, 0.2) is 6.61 Å². The average Bonchev–Trinajstić information content (AvgIpc) is 2.95.